The van der Waals surface area contributed by atoms with E-state index in [4.69, 9.17) is 0 Å². The van der Waals surface area contributed by atoms with Crippen LogP contribution < -0.4 is 0 Å². The molecule has 2 saturated heterocycles. The minimum atomic E-state index is -0.646. The molecule has 5 heteroatoms. The number of likely N-dealkylation sites (tertiary alicyclic amines) is 2. The zero-order valence-electron chi connectivity index (χ0n) is 12.6. The first-order valence-corrected chi connectivity index (χ1v) is 7.66. The van der Waals surface area contributed by atoms with Crippen LogP contribution in [-0.2, 0) is 9.59 Å². The monoisotopic (exact) mass is 282 g/mol. The van der Waals surface area contributed by atoms with Crippen LogP contribution in [0.3, 0.4) is 0 Å². The normalized spacial score (nSPS) is 31.9. The van der Waals surface area contributed by atoms with E-state index in [1.54, 1.807) is 11.8 Å². The number of carbonyl (C=O) groups excluding carboxylic acids is 2. The van der Waals surface area contributed by atoms with Crippen LogP contribution in [0.1, 0.15) is 46.0 Å². The Kier molecular flexibility index (Phi) is 4.68. The van der Waals surface area contributed by atoms with Gasteiger partial charge in [-0.1, -0.05) is 0 Å². The van der Waals surface area contributed by atoms with Crippen LogP contribution in [0.25, 0.3) is 0 Å². The Hall–Kier alpha value is -1.10. The molecule has 114 valence electrons. The van der Waals surface area contributed by atoms with Gasteiger partial charge < -0.3 is 14.9 Å². The summed E-state index contributed by atoms with van der Waals surface area (Å²) in [6.45, 7) is 6.10. The second-order valence-corrected chi connectivity index (χ2v) is 6.48. The summed E-state index contributed by atoms with van der Waals surface area (Å²) in [5.41, 5.74) is -0.646. The van der Waals surface area contributed by atoms with Crippen molar-refractivity contribution in [3.63, 3.8) is 0 Å². The van der Waals surface area contributed by atoms with Crippen molar-refractivity contribution in [1.29, 1.82) is 0 Å². The minimum absolute atomic E-state index is 0.0568. The SMILES string of the molecule is CC(=O)N1CCCC(C(=O)N2CCCC(C)(O)CC2)C1. The van der Waals surface area contributed by atoms with Crippen molar-refractivity contribution in [1.82, 2.24) is 9.80 Å². The number of hydrogen-bond acceptors (Lipinski definition) is 3. The van der Waals surface area contributed by atoms with Crippen LogP contribution in [0.5, 0.6) is 0 Å². The highest BCUT2D eigenvalue weighted by molar-refractivity contribution is 5.80. The molecule has 2 unspecified atom stereocenters. The van der Waals surface area contributed by atoms with E-state index in [1.165, 1.54) is 0 Å². The van der Waals surface area contributed by atoms with E-state index in [0.717, 1.165) is 38.8 Å². The Labute approximate surface area is 120 Å². The van der Waals surface area contributed by atoms with Crippen molar-refractivity contribution in [3.05, 3.63) is 0 Å². The van der Waals surface area contributed by atoms with Gasteiger partial charge in [0, 0.05) is 33.1 Å². The third-order valence-corrected chi connectivity index (χ3v) is 4.59. The second-order valence-electron chi connectivity index (χ2n) is 6.48. The van der Waals surface area contributed by atoms with Crippen molar-refractivity contribution in [2.45, 2.75) is 51.6 Å². The molecule has 0 spiro atoms. The zero-order valence-corrected chi connectivity index (χ0v) is 12.6. The fourth-order valence-corrected chi connectivity index (χ4v) is 3.21. The van der Waals surface area contributed by atoms with Gasteiger partial charge in [-0.25, -0.2) is 0 Å². The maximum absolute atomic E-state index is 12.6. The Balaban J connectivity index is 1.95. The molecule has 2 amide bonds. The number of carbonyl (C=O) groups is 2. The molecule has 20 heavy (non-hydrogen) atoms. The molecule has 0 radical (unpaired) electrons. The topological polar surface area (TPSA) is 60.9 Å². The number of rotatable bonds is 1. The smallest absolute Gasteiger partial charge is 0.227 e. The molecule has 1 N–H and O–H groups in total. The van der Waals surface area contributed by atoms with Gasteiger partial charge in [-0.2, -0.15) is 0 Å². The fraction of sp³-hybridized carbons (Fsp3) is 0.867. The summed E-state index contributed by atoms with van der Waals surface area (Å²) in [5.74, 6) is 0.158. The summed E-state index contributed by atoms with van der Waals surface area (Å²) in [6, 6.07) is 0. The lowest BCUT2D eigenvalue weighted by Crippen LogP contribution is -2.46. The average molecular weight is 282 g/mol. The molecule has 0 aliphatic carbocycles. The van der Waals surface area contributed by atoms with E-state index in [1.807, 2.05) is 11.8 Å². The quantitative estimate of drug-likeness (QED) is 0.781. The van der Waals surface area contributed by atoms with Gasteiger partial charge >= 0.3 is 0 Å². The van der Waals surface area contributed by atoms with Gasteiger partial charge in [0.15, 0.2) is 0 Å². The number of aliphatic hydroxyl groups is 1. The van der Waals surface area contributed by atoms with E-state index in [9.17, 15) is 14.7 Å². The molecule has 0 saturated carbocycles. The molecule has 2 rings (SSSR count). The summed E-state index contributed by atoms with van der Waals surface area (Å²) >= 11 is 0. The maximum atomic E-state index is 12.6. The van der Waals surface area contributed by atoms with Gasteiger partial charge in [0.1, 0.15) is 0 Å². The number of nitrogens with zero attached hydrogens (tertiary/aromatic N) is 2. The third-order valence-electron chi connectivity index (χ3n) is 4.59. The lowest BCUT2D eigenvalue weighted by atomic mass is 9.96. The predicted octanol–water partition coefficient (Wildman–Crippen LogP) is 1.01. The van der Waals surface area contributed by atoms with E-state index in [0.29, 0.717) is 19.5 Å². The Morgan fingerprint density at radius 2 is 1.80 bits per heavy atom. The molecular weight excluding hydrogens is 256 g/mol. The van der Waals surface area contributed by atoms with Crippen LogP contribution in [0, 0.1) is 5.92 Å². The Morgan fingerprint density at radius 1 is 1.10 bits per heavy atom. The van der Waals surface area contributed by atoms with E-state index < -0.39 is 5.60 Å². The van der Waals surface area contributed by atoms with Crippen molar-refractivity contribution in [2.75, 3.05) is 26.2 Å². The highest BCUT2D eigenvalue weighted by Gasteiger charge is 2.33. The number of hydrogen-bond donors (Lipinski definition) is 1. The first-order valence-electron chi connectivity index (χ1n) is 7.66. The van der Waals surface area contributed by atoms with Gasteiger partial charge in [-0.15, -0.1) is 0 Å². The van der Waals surface area contributed by atoms with Crippen LogP contribution >= 0.6 is 0 Å². The second kappa shape index (κ2) is 6.12. The zero-order chi connectivity index (χ0) is 14.8. The summed E-state index contributed by atoms with van der Waals surface area (Å²) in [4.78, 5) is 27.7. The van der Waals surface area contributed by atoms with Crippen molar-refractivity contribution in [3.8, 4) is 0 Å². The summed E-state index contributed by atoms with van der Waals surface area (Å²) < 4.78 is 0. The summed E-state index contributed by atoms with van der Waals surface area (Å²) in [6.07, 6.45) is 4.02. The third kappa shape index (κ3) is 3.72. The first-order chi connectivity index (χ1) is 9.39. The molecule has 0 aromatic rings. The van der Waals surface area contributed by atoms with Crippen molar-refractivity contribution < 1.29 is 14.7 Å². The Morgan fingerprint density at radius 3 is 2.50 bits per heavy atom. The van der Waals surface area contributed by atoms with Crippen LogP contribution in [0.4, 0.5) is 0 Å². The lowest BCUT2D eigenvalue weighted by molar-refractivity contribution is -0.140. The first kappa shape index (κ1) is 15.3. The molecule has 5 nitrogen and oxygen atoms in total. The minimum Gasteiger partial charge on any atom is -0.390 e. The standard InChI is InChI=1S/C15H26N2O3/c1-12(18)17-8-3-5-13(11-17)14(19)16-9-4-6-15(2,20)7-10-16/h13,20H,3-11H2,1-2H3. The number of amides is 2. The Bertz CT molecular complexity index is 381. The van der Waals surface area contributed by atoms with Crippen LogP contribution in [-0.4, -0.2) is 58.5 Å². The van der Waals surface area contributed by atoms with Gasteiger partial charge in [0.2, 0.25) is 11.8 Å². The molecule has 0 aromatic heterocycles. The molecule has 2 heterocycles. The predicted molar refractivity (Wildman–Crippen MR) is 76.0 cm³/mol. The molecule has 2 atom stereocenters. The van der Waals surface area contributed by atoms with Crippen molar-refractivity contribution >= 4 is 11.8 Å². The largest absolute Gasteiger partial charge is 0.390 e. The molecule has 0 bridgehead atoms. The summed E-state index contributed by atoms with van der Waals surface area (Å²) in [7, 11) is 0. The lowest BCUT2D eigenvalue weighted by Gasteiger charge is -2.34. The number of piperidine rings is 1. The molecule has 0 aromatic carbocycles. The van der Waals surface area contributed by atoms with Crippen LogP contribution in [0.2, 0.25) is 0 Å². The average Bonchev–Trinajstić information content (AvgIpc) is 2.59. The van der Waals surface area contributed by atoms with E-state index >= 15 is 0 Å². The van der Waals surface area contributed by atoms with Gasteiger partial charge in [-0.3, -0.25) is 9.59 Å². The molecule has 2 aliphatic rings. The van der Waals surface area contributed by atoms with Gasteiger partial charge in [-0.05, 0) is 39.0 Å². The van der Waals surface area contributed by atoms with Gasteiger partial charge in [0.05, 0.1) is 11.5 Å². The van der Waals surface area contributed by atoms with Crippen LogP contribution in [0.15, 0.2) is 0 Å². The highest BCUT2D eigenvalue weighted by Crippen LogP contribution is 2.24. The van der Waals surface area contributed by atoms with E-state index in [2.05, 4.69) is 0 Å². The van der Waals surface area contributed by atoms with Gasteiger partial charge in [0.25, 0.3) is 0 Å². The highest BCUT2D eigenvalue weighted by atomic mass is 16.3. The van der Waals surface area contributed by atoms with E-state index in [-0.39, 0.29) is 17.7 Å². The maximum Gasteiger partial charge on any atom is 0.227 e. The summed E-state index contributed by atoms with van der Waals surface area (Å²) in [5, 5.41) is 10.1. The molecular formula is C15H26N2O3. The molecule has 2 fully saturated rings. The fourth-order valence-electron chi connectivity index (χ4n) is 3.21. The molecule has 2 aliphatic heterocycles. The van der Waals surface area contributed by atoms with Crippen molar-refractivity contribution in [2.24, 2.45) is 5.92 Å².